The Kier molecular flexibility index (Phi) is 11.4. The van der Waals surface area contributed by atoms with Gasteiger partial charge in [-0.05, 0) is 28.8 Å². The Labute approximate surface area is 260 Å². The lowest BCUT2D eigenvalue weighted by molar-refractivity contribution is -0.142. The second-order valence-electron chi connectivity index (χ2n) is 10.7. The van der Waals surface area contributed by atoms with E-state index in [0.29, 0.717) is 11.3 Å². The number of aromatic hydroxyl groups is 1. The summed E-state index contributed by atoms with van der Waals surface area (Å²) >= 11 is 0. The molecule has 12 heteroatoms. The van der Waals surface area contributed by atoms with Gasteiger partial charge in [0, 0.05) is 37.6 Å². The number of aromatic nitrogens is 2. The monoisotopic (exact) mass is 612 g/mol. The summed E-state index contributed by atoms with van der Waals surface area (Å²) in [5, 5.41) is 27.6. The third-order valence-corrected chi connectivity index (χ3v) is 7.15. The number of hydrogen-bond acceptors (Lipinski definition) is 7. The summed E-state index contributed by atoms with van der Waals surface area (Å²) in [4.78, 5) is 59.4. The molecule has 4 rings (SSSR count). The molecule has 4 atom stereocenters. The van der Waals surface area contributed by atoms with Crippen LogP contribution in [0.5, 0.6) is 5.75 Å². The fourth-order valence-corrected chi connectivity index (χ4v) is 4.74. The quantitative estimate of drug-likeness (QED) is 0.104. The summed E-state index contributed by atoms with van der Waals surface area (Å²) in [7, 11) is 0. The van der Waals surface area contributed by atoms with E-state index in [1.54, 1.807) is 72.9 Å². The molecule has 12 nitrogen and oxygen atoms in total. The van der Waals surface area contributed by atoms with Crippen LogP contribution in [0.3, 0.4) is 0 Å². The molecule has 1 aromatic heterocycles. The highest BCUT2D eigenvalue weighted by molar-refractivity contribution is 5.94. The van der Waals surface area contributed by atoms with Crippen LogP contribution in [0.2, 0.25) is 0 Å². The van der Waals surface area contributed by atoms with E-state index in [4.69, 9.17) is 5.73 Å². The molecule has 0 radical (unpaired) electrons. The van der Waals surface area contributed by atoms with Gasteiger partial charge >= 0.3 is 5.97 Å². The van der Waals surface area contributed by atoms with Crippen LogP contribution in [0.1, 0.15) is 22.4 Å². The first-order chi connectivity index (χ1) is 21.7. The average Bonchev–Trinajstić information content (AvgIpc) is 3.55. The average molecular weight is 613 g/mol. The number of phenolic OH excluding ortho intramolecular Hbond substituents is 1. The minimum absolute atomic E-state index is 0.0278. The number of rotatable bonds is 15. The number of H-pyrrole nitrogens is 1. The van der Waals surface area contributed by atoms with Gasteiger partial charge in [0.15, 0.2) is 0 Å². The molecule has 0 saturated carbocycles. The maximum Gasteiger partial charge on any atom is 0.326 e. The van der Waals surface area contributed by atoms with Crippen LogP contribution in [0.4, 0.5) is 0 Å². The molecule has 8 N–H and O–H groups in total. The Hall–Kier alpha value is -5.49. The molecular weight excluding hydrogens is 576 g/mol. The van der Waals surface area contributed by atoms with Gasteiger partial charge in [-0.25, -0.2) is 9.78 Å². The van der Waals surface area contributed by atoms with Crippen molar-refractivity contribution in [2.45, 2.75) is 49.9 Å². The van der Waals surface area contributed by atoms with Crippen LogP contribution in [-0.4, -0.2) is 68.0 Å². The fourth-order valence-electron chi connectivity index (χ4n) is 4.74. The maximum atomic E-state index is 13.8. The first-order valence-electron chi connectivity index (χ1n) is 14.4. The number of phenols is 1. The summed E-state index contributed by atoms with van der Waals surface area (Å²) in [5.41, 5.74) is 8.85. The van der Waals surface area contributed by atoms with Gasteiger partial charge in [0.1, 0.15) is 23.9 Å². The first-order valence-corrected chi connectivity index (χ1v) is 14.4. The van der Waals surface area contributed by atoms with Gasteiger partial charge < -0.3 is 36.9 Å². The van der Waals surface area contributed by atoms with Crippen molar-refractivity contribution in [3.63, 3.8) is 0 Å². The van der Waals surface area contributed by atoms with Crippen LogP contribution in [-0.2, 0) is 44.9 Å². The molecule has 3 aromatic carbocycles. The van der Waals surface area contributed by atoms with Gasteiger partial charge in [-0.1, -0.05) is 72.8 Å². The van der Waals surface area contributed by atoms with E-state index in [0.717, 1.165) is 11.1 Å². The molecule has 4 unspecified atom stereocenters. The van der Waals surface area contributed by atoms with E-state index < -0.39 is 47.9 Å². The van der Waals surface area contributed by atoms with E-state index >= 15 is 0 Å². The van der Waals surface area contributed by atoms with Crippen molar-refractivity contribution in [1.82, 2.24) is 25.9 Å². The molecule has 0 aliphatic carbocycles. The molecular formula is C33H36N6O6. The number of hydrogen-bond donors (Lipinski definition) is 7. The van der Waals surface area contributed by atoms with Gasteiger partial charge in [-0.2, -0.15) is 0 Å². The number of carboxylic acid groups (broad SMARTS) is 1. The molecule has 0 bridgehead atoms. The lowest BCUT2D eigenvalue weighted by Gasteiger charge is -2.25. The van der Waals surface area contributed by atoms with E-state index in [9.17, 15) is 29.4 Å². The molecule has 1 heterocycles. The summed E-state index contributed by atoms with van der Waals surface area (Å²) in [6.45, 7) is 0. The summed E-state index contributed by atoms with van der Waals surface area (Å²) in [6, 6.07) is 19.4. The molecule has 45 heavy (non-hydrogen) atoms. The number of nitrogens with one attached hydrogen (secondary N) is 4. The molecule has 4 aromatic rings. The number of nitrogens with two attached hydrogens (primary N) is 1. The number of benzene rings is 3. The van der Waals surface area contributed by atoms with E-state index in [-0.39, 0.29) is 31.4 Å². The van der Waals surface area contributed by atoms with E-state index in [2.05, 4.69) is 25.9 Å². The van der Waals surface area contributed by atoms with Crippen molar-refractivity contribution in [2.75, 3.05) is 0 Å². The molecule has 0 spiro atoms. The van der Waals surface area contributed by atoms with Crippen LogP contribution < -0.4 is 21.7 Å². The Morgan fingerprint density at radius 1 is 0.667 bits per heavy atom. The van der Waals surface area contributed by atoms with E-state index in [1.165, 1.54) is 18.5 Å². The minimum Gasteiger partial charge on any atom is -0.508 e. The predicted molar refractivity (Wildman–Crippen MR) is 166 cm³/mol. The Balaban J connectivity index is 1.54. The van der Waals surface area contributed by atoms with Gasteiger partial charge in [0.25, 0.3) is 0 Å². The normalized spacial score (nSPS) is 13.5. The van der Waals surface area contributed by atoms with E-state index in [1.807, 2.05) is 6.07 Å². The highest BCUT2D eigenvalue weighted by Crippen LogP contribution is 2.13. The molecule has 0 aliphatic rings. The number of carboxylic acids is 1. The number of nitrogens with zero attached hydrogens (tertiary/aromatic N) is 1. The Bertz CT molecular complexity index is 1550. The second kappa shape index (κ2) is 15.8. The van der Waals surface area contributed by atoms with Crippen molar-refractivity contribution >= 4 is 23.7 Å². The second-order valence-corrected chi connectivity index (χ2v) is 10.7. The van der Waals surface area contributed by atoms with Crippen molar-refractivity contribution < 1.29 is 29.4 Å². The number of aromatic amines is 1. The topological polar surface area (TPSA) is 200 Å². The lowest BCUT2D eigenvalue weighted by atomic mass is 10.0. The standard InChI is InChI=1S/C33H36N6O6/c34-26(18-24-19-35-20-36-24)30(41)37-27(16-23-11-13-25(40)14-12-23)31(42)38-28(15-21-7-3-1-4-8-21)32(43)39-29(33(44)45)17-22-9-5-2-6-10-22/h1-14,19-20,26-29,40H,15-18,34H2,(H,35,36)(H,37,41)(H,38,42)(H,39,43)(H,44,45). The highest BCUT2D eigenvalue weighted by Gasteiger charge is 2.31. The Morgan fingerprint density at radius 2 is 1.13 bits per heavy atom. The minimum atomic E-state index is -1.25. The summed E-state index contributed by atoms with van der Waals surface area (Å²) < 4.78 is 0. The van der Waals surface area contributed by atoms with Crippen LogP contribution in [0, 0.1) is 0 Å². The third kappa shape index (κ3) is 10.0. The van der Waals surface area contributed by atoms with Crippen molar-refractivity contribution in [3.05, 3.63) is 120 Å². The molecule has 234 valence electrons. The highest BCUT2D eigenvalue weighted by atomic mass is 16.4. The summed E-state index contributed by atoms with van der Waals surface area (Å²) in [5.74, 6) is -3.15. The van der Waals surface area contributed by atoms with Crippen molar-refractivity contribution in [1.29, 1.82) is 0 Å². The summed E-state index contributed by atoms with van der Waals surface area (Å²) in [6.07, 6.45) is 3.30. The van der Waals surface area contributed by atoms with Gasteiger partial charge in [-0.3, -0.25) is 14.4 Å². The lowest BCUT2D eigenvalue weighted by Crippen LogP contribution is -2.58. The zero-order valence-corrected chi connectivity index (χ0v) is 24.4. The third-order valence-electron chi connectivity index (χ3n) is 7.15. The van der Waals surface area contributed by atoms with Crippen LogP contribution in [0.25, 0.3) is 0 Å². The smallest absolute Gasteiger partial charge is 0.326 e. The van der Waals surface area contributed by atoms with Crippen LogP contribution >= 0.6 is 0 Å². The van der Waals surface area contributed by atoms with Crippen LogP contribution in [0.15, 0.2) is 97.5 Å². The van der Waals surface area contributed by atoms with Gasteiger partial charge in [0.05, 0.1) is 12.4 Å². The largest absolute Gasteiger partial charge is 0.508 e. The molecule has 0 fully saturated rings. The first kappa shape index (κ1) is 32.4. The number of carbonyl (C=O) groups is 4. The Morgan fingerprint density at radius 3 is 1.62 bits per heavy atom. The maximum absolute atomic E-state index is 13.8. The number of amides is 3. The van der Waals surface area contributed by atoms with Crippen molar-refractivity contribution in [2.24, 2.45) is 5.73 Å². The van der Waals surface area contributed by atoms with Gasteiger partial charge in [-0.15, -0.1) is 0 Å². The zero-order chi connectivity index (χ0) is 32.2. The number of carbonyl (C=O) groups excluding carboxylic acids is 3. The zero-order valence-electron chi connectivity index (χ0n) is 24.4. The molecule has 0 saturated heterocycles. The number of aliphatic carboxylic acids is 1. The SMILES string of the molecule is NC(Cc1cnc[nH]1)C(=O)NC(Cc1ccc(O)cc1)C(=O)NC(Cc1ccccc1)C(=O)NC(Cc1ccccc1)C(=O)O. The molecule has 3 amide bonds. The molecule has 0 aliphatic heterocycles. The van der Waals surface area contributed by atoms with Crippen molar-refractivity contribution in [3.8, 4) is 5.75 Å². The predicted octanol–water partition coefficient (Wildman–Crippen LogP) is 1.25. The number of imidazole rings is 1. The van der Waals surface area contributed by atoms with Gasteiger partial charge in [0.2, 0.25) is 17.7 Å². The fraction of sp³-hybridized carbons (Fsp3) is 0.242.